The predicted molar refractivity (Wildman–Crippen MR) is 91.5 cm³/mol. The monoisotopic (exact) mass is 311 g/mol. The number of carbonyl (C=O) groups is 2. The average molecular weight is 311 g/mol. The first-order chi connectivity index (χ1) is 11.1. The molecule has 3 N–H and O–H groups in total. The van der Waals surface area contributed by atoms with Crippen LogP contribution in [0, 0.1) is 0 Å². The molecule has 23 heavy (non-hydrogen) atoms. The lowest BCUT2D eigenvalue weighted by Gasteiger charge is -2.15. The van der Waals surface area contributed by atoms with E-state index in [1.807, 2.05) is 44.2 Å². The van der Waals surface area contributed by atoms with Crippen molar-refractivity contribution in [2.75, 3.05) is 11.9 Å². The molecule has 0 aliphatic rings. The fourth-order valence-corrected chi connectivity index (χ4v) is 2.16. The fraction of sp³-hybridized carbons (Fsp3) is 0.222. The number of benzene rings is 2. The van der Waals surface area contributed by atoms with Crippen LogP contribution in [0.15, 0.2) is 54.6 Å². The van der Waals surface area contributed by atoms with E-state index in [2.05, 4.69) is 16.0 Å². The van der Waals surface area contributed by atoms with Crippen molar-refractivity contribution in [1.29, 1.82) is 0 Å². The Labute approximate surface area is 136 Å². The van der Waals surface area contributed by atoms with Crippen molar-refractivity contribution >= 4 is 17.6 Å². The van der Waals surface area contributed by atoms with E-state index >= 15 is 0 Å². The summed E-state index contributed by atoms with van der Waals surface area (Å²) in [5.74, 6) is -0.124. The van der Waals surface area contributed by atoms with E-state index in [9.17, 15) is 9.59 Å². The van der Waals surface area contributed by atoms with E-state index in [-0.39, 0.29) is 18.0 Å². The van der Waals surface area contributed by atoms with Gasteiger partial charge in [0.1, 0.15) is 0 Å². The van der Waals surface area contributed by atoms with E-state index in [0.717, 1.165) is 5.56 Å². The summed E-state index contributed by atoms with van der Waals surface area (Å²) in [7, 11) is 0. The average Bonchev–Trinajstić information content (AvgIpc) is 2.56. The van der Waals surface area contributed by atoms with Gasteiger partial charge in [-0.25, -0.2) is 4.79 Å². The summed E-state index contributed by atoms with van der Waals surface area (Å²) in [6.07, 6.45) is 0. The second-order valence-electron chi connectivity index (χ2n) is 5.17. The van der Waals surface area contributed by atoms with E-state index < -0.39 is 0 Å². The normalized spacial score (nSPS) is 11.4. The summed E-state index contributed by atoms with van der Waals surface area (Å²) in [6, 6.07) is 16.1. The van der Waals surface area contributed by atoms with Gasteiger partial charge in [0.05, 0.1) is 6.04 Å². The van der Waals surface area contributed by atoms with Gasteiger partial charge in [0.25, 0.3) is 5.91 Å². The number of hydrogen-bond donors (Lipinski definition) is 3. The summed E-state index contributed by atoms with van der Waals surface area (Å²) in [6.45, 7) is 4.37. The van der Waals surface area contributed by atoms with Crippen molar-refractivity contribution in [1.82, 2.24) is 10.6 Å². The molecule has 2 aromatic rings. The maximum Gasteiger partial charge on any atom is 0.319 e. The second-order valence-corrected chi connectivity index (χ2v) is 5.17. The molecule has 1 unspecified atom stereocenters. The third kappa shape index (κ3) is 4.85. The van der Waals surface area contributed by atoms with Crippen molar-refractivity contribution in [2.45, 2.75) is 19.9 Å². The summed E-state index contributed by atoms with van der Waals surface area (Å²) in [5, 5.41) is 8.36. The molecular formula is C18H21N3O2. The zero-order valence-corrected chi connectivity index (χ0v) is 13.3. The maximum atomic E-state index is 12.0. The Morgan fingerprint density at radius 3 is 2.26 bits per heavy atom. The zero-order valence-electron chi connectivity index (χ0n) is 13.3. The minimum atomic E-state index is -0.285. The van der Waals surface area contributed by atoms with E-state index in [1.54, 1.807) is 24.3 Å². The summed E-state index contributed by atoms with van der Waals surface area (Å²) in [4.78, 5) is 23.7. The highest BCUT2D eigenvalue weighted by Crippen LogP contribution is 2.13. The van der Waals surface area contributed by atoms with Crippen LogP contribution in [0.1, 0.15) is 35.8 Å². The summed E-state index contributed by atoms with van der Waals surface area (Å²) >= 11 is 0. The van der Waals surface area contributed by atoms with Crippen LogP contribution < -0.4 is 16.0 Å². The standard InChI is InChI=1S/C18H21N3O2/c1-3-19-17(22)15-9-11-16(12-10-15)21-18(23)20-13(2)14-7-5-4-6-8-14/h4-13H,3H2,1-2H3,(H,19,22)(H2,20,21,23). The topological polar surface area (TPSA) is 70.2 Å². The highest BCUT2D eigenvalue weighted by molar-refractivity contribution is 5.95. The first kappa shape index (κ1) is 16.5. The number of anilines is 1. The second kappa shape index (κ2) is 7.98. The lowest BCUT2D eigenvalue weighted by molar-refractivity contribution is 0.0956. The largest absolute Gasteiger partial charge is 0.352 e. The Morgan fingerprint density at radius 2 is 1.65 bits per heavy atom. The van der Waals surface area contributed by atoms with E-state index in [4.69, 9.17) is 0 Å². The smallest absolute Gasteiger partial charge is 0.319 e. The van der Waals surface area contributed by atoms with Crippen LogP contribution in [0.5, 0.6) is 0 Å². The zero-order chi connectivity index (χ0) is 16.7. The van der Waals surface area contributed by atoms with Crippen LogP contribution in [0.25, 0.3) is 0 Å². The highest BCUT2D eigenvalue weighted by atomic mass is 16.2. The Bertz CT molecular complexity index is 654. The van der Waals surface area contributed by atoms with Gasteiger partial charge in [-0.1, -0.05) is 30.3 Å². The van der Waals surface area contributed by atoms with Crippen LogP contribution in [0.3, 0.4) is 0 Å². The van der Waals surface area contributed by atoms with Crippen molar-refractivity contribution < 1.29 is 9.59 Å². The number of carbonyl (C=O) groups excluding carboxylic acids is 2. The quantitative estimate of drug-likeness (QED) is 0.793. The Balaban J connectivity index is 1.91. The van der Waals surface area contributed by atoms with Gasteiger partial charge in [-0.15, -0.1) is 0 Å². The molecule has 0 bridgehead atoms. The lowest BCUT2D eigenvalue weighted by Crippen LogP contribution is -2.31. The van der Waals surface area contributed by atoms with Gasteiger partial charge in [-0.2, -0.15) is 0 Å². The number of urea groups is 1. The fourth-order valence-electron chi connectivity index (χ4n) is 2.16. The SMILES string of the molecule is CCNC(=O)c1ccc(NC(=O)NC(C)c2ccccc2)cc1. The maximum absolute atomic E-state index is 12.0. The number of amides is 3. The van der Waals surface area contributed by atoms with Gasteiger partial charge in [0.15, 0.2) is 0 Å². The molecule has 1 atom stereocenters. The first-order valence-electron chi connectivity index (χ1n) is 7.61. The van der Waals surface area contributed by atoms with Crippen molar-refractivity contribution in [2.24, 2.45) is 0 Å². The first-order valence-corrected chi connectivity index (χ1v) is 7.61. The number of nitrogens with one attached hydrogen (secondary N) is 3. The molecule has 0 heterocycles. The number of rotatable bonds is 5. The predicted octanol–water partition coefficient (Wildman–Crippen LogP) is 3.32. The Hall–Kier alpha value is -2.82. The van der Waals surface area contributed by atoms with Gasteiger partial charge in [-0.05, 0) is 43.7 Å². The molecule has 5 heteroatoms. The van der Waals surface area contributed by atoms with Crippen LogP contribution >= 0.6 is 0 Å². The molecule has 0 aromatic heterocycles. The Morgan fingerprint density at radius 1 is 1.00 bits per heavy atom. The van der Waals surface area contributed by atoms with Crippen LogP contribution in [-0.4, -0.2) is 18.5 Å². The van der Waals surface area contributed by atoms with Gasteiger partial charge >= 0.3 is 6.03 Å². The third-order valence-electron chi connectivity index (χ3n) is 3.39. The van der Waals surface area contributed by atoms with Crippen molar-refractivity contribution in [3.8, 4) is 0 Å². The molecule has 0 aliphatic heterocycles. The van der Waals surface area contributed by atoms with Gasteiger partial charge in [0.2, 0.25) is 0 Å². The molecule has 3 amide bonds. The Kier molecular flexibility index (Phi) is 5.74. The van der Waals surface area contributed by atoms with Crippen LogP contribution in [0.4, 0.5) is 10.5 Å². The third-order valence-corrected chi connectivity index (χ3v) is 3.39. The number of hydrogen-bond acceptors (Lipinski definition) is 2. The van der Waals surface area contributed by atoms with Crippen molar-refractivity contribution in [3.05, 3.63) is 65.7 Å². The molecule has 120 valence electrons. The van der Waals surface area contributed by atoms with Gasteiger partial charge in [-0.3, -0.25) is 4.79 Å². The highest BCUT2D eigenvalue weighted by Gasteiger charge is 2.09. The molecule has 0 radical (unpaired) electrons. The van der Waals surface area contributed by atoms with Gasteiger partial charge < -0.3 is 16.0 Å². The molecule has 0 spiro atoms. The molecular weight excluding hydrogens is 290 g/mol. The molecule has 0 saturated heterocycles. The minimum Gasteiger partial charge on any atom is -0.352 e. The summed E-state index contributed by atoms with van der Waals surface area (Å²) < 4.78 is 0. The lowest BCUT2D eigenvalue weighted by atomic mass is 10.1. The summed E-state index contributed by atoms with van der Waals surface area (Å²) in [5.41, 5.74) is 2.24. The molecule has 0 saturated carbocycles. The van der Waals surface area contributed by atoms with Gasteiger partial charge in [0, 0.05) is 17.8 Å². The molecule has 2 rings (SSSR count). The molecule has 2 aromatic carbocycles. The molecule has 0 aliphatic carbocycles. The van der Waals surface area contributed by atoms with Crippen LogP contribution in [-0.2, 0) is 0 Å². The van der Waals surface area contributed by atoms with Crippen molar-refractivity contribution in [3.63, 3.8) is 0 Å². The van der Waals surface area contributed by atoms with E-state index in [0.29, 0.717) is 17.8 Å². The molecule has 5 nitrogen and oxygen atoms in total. The van der Waals surface area contributed by atoms with E-state index in [1.165, 1.54) is 0 Å². The minimum absolute atomic E-state index is 0.0918. The molecule has 0 fully saturated rings. The van der Waals surface area contributed by atoms with Crippen LogP contribution in [0.2, 0.25) is 0 Å².